The second-order valence-corrected chi connectivity index (χ2v) is 2.33. The van der Waals surface area contributed by atoms with Gasteiger partial charge in [0.1, 0.15) is 6.26 Å². The maximum absolute atomic E-state index is 4.61. The van der Waals surface area contributed by atoms with Gasteiger partial charge in [-0.05, 0) is 18.2 Å². The molecule has 1 aromatic rings. The van der Waals surface area contributed by atoms with Crippen molar-refractivity contribution in [3.05, 3.63) is 42.9 Å². The molecule has 0 spiro atoms. The van der Waals surface area contributed by atoms with Gasteiger partial charge < -0.3 is 4.18 Å². The lowest BCUT2D eigenvalue weighted by Crippen LogP contribution is -1.70. The Hall–Kier alpha value is -1.29. The topological polar surface area (TPSA) is 34.5 Å². The molecule has 0 aliphatic carbocycles. The highest BCUT2D eigenvalue weighted by atomic mass is 32.2. The summed E-state index contributed by atoms with van der Waals surface area (Å²) in [6.07, 6.45) is 8.49. The molecule has 0 unspecified atom stereocenters. The average Bonchev–Trinajstić information content (AvgIpc) is 2.24. The van der Waals surface area contributed by atoms with Crippen LogP contribution in [0.2, 0.25) is 0 Å². The number of hydrogen-bond donors (Lipinski definition) is 0. The van der Waals surface area contributed by atoms with Gasteiger partial charge in [0.15, 0.2) is 0 Å². The summed E-state index contributed by atoms with van der Waals surface area (Å²) in [5.74, 6) is 0. The van der Waals surface area contributed by atoms with Crippen LogP contribution >= 0.6 is 12.2 Å². The zero-order chi connectivity index (χ0) is 8.49. The van der Waals surface area contributed by atoms with E-state index in [1.165, 1.54) is 0 Å². The van der Waals surface area contributed by atoms with Crippen LogP contribution in [0.3, 0.4) is 0 Å². The number of hydrogen-bond acceptors (Lipinski definition) is 4. The maximum Gasteiger partial charge on any atom is 0.200 e. The zero-order valence-electron chi connectivity index (χ0n) is 6.33. The van der Waals surface area contributed by atoms with Crippen molar-refractivity contribution in [2.45, 2.75) is 0 Å². The fourth-order valence-electron chi connectivity index (χ4n) is 0.489. The fourth-order valence-corrected chi connectivity index (χ4v) is 0.773. The molecule has 1 aliphatic heterocycles. The van der Waals surface area contributed by atoms with Gasteiger partial charge in [-0.15, -0.1) is 0 Å². The zero-order valence-corrected chi connectivity index (χ0v) is 7.15. The Morgan fingerprint density at radius 2 is 1.92 bits per heavy atom. The van der Waals surface area contributed by atoms with Gasteiger partial charge in [-0.25, -0.2) is 0 Å². The van der Waals surface area contributed by atoms with Gasteiger partial charge in [0.05, 0.1) is 0 Å². The first kappa shape index (κ1) is 8.80. The molecule has 0 aromatic carbocycles. The summed E-state index contributed by atoms with van der Waals surface area (Å²) in [6, 6.07) is 5.72. The van der Waals surface area contributed by atoms with Crippen LogP contribution in [0.25, 0.3) is 0 Å². The number of aromatic nitrogens is 1. The molecule has 0 amide bonds. The molecule has 0 saturated heterocycles. The van der Waals surface area contributed by atoms with Gasteiger partial charge in [-0.2, -0.15) is 4.40 Å². The van der Waals surface area contributed by atoms with Crippen LogP contribution in [0, 0.1) is 0 Å². The smallest absolute Gasteiger partial charge is 0.200 e. The summed E-state index contributed by atoms with van der Waals surface area (Å²) in [5, 5.41) is 0. The lowest BCUT2D eigenvalue weighted by molar-refractivity contribution is 0.566. The third kappa shape index (κ3) is 4.51. The third-order valence-corrected chi connectivity index (χ3v) is 1.34. The first-order chi connectivity index (χ1) is 6.00. The molecule has 12 heavy (non-hydrogen) atoms. The van der Waals surface area contributed by atoms with Gasteiger partial charge in [0, 0.05) is 18.6 Å². The molecule has 3 nitrogen and oxygen atoms in total. The van der Waals surface area contributed by atoms with Crippen LogP contribution in [-0.4, -0.2) is 11.2 Å². The fraction of sp³-hybridized carbons (Fsp3) is 0. The van der Waals surface area contributed by atoms with Gasteiger partial charge in [0.2, 0.25) is 12.2 Å². The minimum Gasteiger partial charge on any atom is -0.412 e. The number of nitrogens with zero attached hydrogens (tertiary/aromatic N) is 2. The lowest BCUT2D eigenvalue weighted by Gasteiger charge is -1.90. The molecule has 0 saturated carbocycles. The normalized spacial score (nSPS) is 12.7. The molecule has 2 heterocycles. The molecule has 1 aliphatic rings. The predicted molar refractivity (Wildman–Crippen MR) is 50.5 cm³/mol. The molecule has 0 atom stereocenters. The second-order valence-electron chi connectivity index (χ2n) is 1.78. The summed E-state index contributed by atoms with van der Waals surface area (Å²) < 4.78 is 8.27. The summed E-state index contributed by atoms with van der Waals surface area (Å²) >= 11 is 1.08. The van der Waals surface area contributed by atoms with Crippen LogP contribution in [0.5, 0.6) is 0 Å². The van der Waals surface area contributed by atoms with Gasteiger partial charge in [-0.1, -0.05) is 6.07 Å². The van der Waals surface area contributed by atoms with Crippen LogP contribution in [0.4, 0.5) is 0 Å². The van der Waals surface area contributed by atoms with Crippen molar-refractivity contribution in [2.24, 2.45) is 4.40 Å². The van der Waals surface area contributed by atoms with E-state index < -0.39 is 0 Å². The van der Waals surface area contributed by atoms with E-state index in [9.17, 15) is 0 Å². The molecule has 0 bridgehead atoms. The minimum atomic E-state index is 1.08. The van der Waals surface area contributed by atoms with E-state index in [-0.39, 0.29) is 0 Å². The molecule has 0 N–H and O–H groups in total. The van der Waals surface area contributed by atoms with Crippen molar-refractivity contribution in [3.8, 4) is 0 Å². The molecule has 2 rings (SSSR count). The van der Waals surface area contributed by atoms with E-state index in [1.54, 1.807) is 30.9 Å². The first-order valence-corrected chi connectivity index (χ1v) is 4.06. The van der Waals surface area contributed by atoms with Crippen LogP contribution < -0.4 is 0 Å². The Balaban J connectivity index is 0.000000120. The van der Waals surface area contributed by atoms with Crippen LogP contribution in [0.1, 0.15) is 0 Å². The molecule has 4 heteroatoms. The van der Waals surface area contributed by atoms with Gasteiger partial charge >= 0.3 is 0 Å². The maximum atomic E-state index is 4.61. The highest BCUT2D eigenvalue weighted by Gasteiger charge is 1.79. The Bertz CT molecular complexity index is 210. The number of allylic oxidation sites excluding steroid dienone is 1. The highest BCUT2D eigenvalue weighted by molar-refractivity contribution is 7.93. The molecule has 1 aromatic heterocycles. The molecular weight excluding hydrogens is 172 g/mol. The lowest BCUT2D eigenvalue weighted by atomic mass is 10.5. The largest absolute Gasteiger partial charge is 0.412 e. The Labute approximate surface area is 75.5 Å². The van der Waals surface area contributed by atoms with E-state index in [0.717, 1.165) is 12.2 Å². The van der Waals surface area contributed by atoms with Crippen LogP contribution in [-0.2, 0) is 4.18 Å². The summed E-state index contributed by atoms with van der Waals surface area (Å²) in [7, 11) is 0. The van der Waals surface area contributed by atoms with E-state index in [1.807, 2.05) is 18.2 Å². The van der Waals surface area contributed by atoms with Crippen molar-refractivity contribution in [2.75, 3.05) is 0 Å². The van der Waals surface area contributed by atoms with Gasteiger partial charge in [-0.3, -0.25) is 4.98 Å². The molecular formula is C8H8N2OS. The predicted octanol–water partition coefficient (Wildman–Crippen LogP) is 2.25. The van der Waals surface area contributed by atoms with E-state index >= 15 is 0 Å². The number of pyridine rings is 1. The first-order valence-electron chi connectivity index (χ1n) is 3.36. The third-order valence-electron chi connectivity index (χ3n) is 0.934. The van der Waals surface area contributed by atoms with E-state index in [2.05, 4.69) is 13.6 Å². The van der Waals surface area contributed by atoms with E-state index in [4.69, 9.17) is 0 Å². The van der Waals surface area contributed by atoms with Crippen molar-refractivity contribution in [3.63, 3.8) is 0 Å². The summed E-state index contributed by atoms with van der Waals surface area (Å²) in [4.78, 5) is 3.78. The van der Waals surface area contributed by atoms with Crippen molar-refractivity contribution in [1.29, 1.82) is 0 Å². The Kier molecular flexibility index (Phi) is 4.71. The molecule has 0 radical (unpaired) electrons. The van der Waals surface area contributed by atoms with E-state index in [0.29, 0.717) is 0 Å². The molecule has 62 valence electrons. The van der Waals surface area contributed by atoms with Gasteiger partial charge in [0.25, 0.3) is 0 Å². The molecule has 0 fully saturated rings. The van der Waals surface area contributed by atoms with Crippen molar-refractivity contribution < 1.29 is 4.18 Å². The standard InChI is InChI=1S/C5H5N.C3H3NOS/c2*1-2-4-6-5-3-1/h1-5H;1-3H. The summed E-state index contributed by atoms with van der Waals surface area (Å²) in [6.45, 7) is 0. The van der Waals surface area contributed by atoms with Crippen molar-refractivity contribution in [1.82, 2.24) is 4.98 Å². The second kappa shape index (κ2) is 6.42. The monoisotopic (exact) mass is 180 g/mol. The minimum absolute atomic E-state index is 1.08. The SMILES string of the molecule is C1=COSN=C1.c1ccncc1. The van der Waals surface area contributed by atoms with Crippen molar-refractivity contribution >= 4 is 18.4 Å². The quantitative estimate of drug-likeness (QED) is 0.453. The van der Waals surface area contributed by atoms with Crippen LogP contribution in [0.15, 0.2) is 47.3 Å². The number of rotatable bonds is 0. The highest BCUT2D eigenvalue weighted by Crippen LogP contribution is 2.05. The summed E-state index contributed by atoms with van der Waals surface area (Å²) in [5.41, 5.74) is 0. The Morgan fingerprint density at radius 3 is 2.08 bits per heavy atom. The Morgan fingerprint density at radius 1 is 1.08 bits per heavy atom. The average molecular weight is 180 g/mol.